The third kappa shape index (κ3) is 2.75. The normalized spacial score (nSPS) is 17.1. The lowest BCUT2D eigenvalue weighted by Gasteiger charge is -2.11. The van der Waals surface area contributed by atoms with Crippen molar-refractivity contribution < 1.29 is 4.79 Å². The van der Waals surface area contributed by atoms with Crippen LogP contribution in [0.1, 0.15) is 19.3 Å². The summed E-state index contributed by atoms with van der Waals surface area (Å²) in [7, 11) is 0. The molecule has 15 heavy (non-hydrogen) atoms. The van der Waals surface area contributed by atoms with Gasteiger partial charge in [-0.25, -0.2) is 0 Å². The number of thiol groups is 1. The number of carbonyl (C=O) groups excluding carboxylic acids is 1. The second kappa shape index (κ2) is 4.27. The third-order valence-corrected chi connectivity index (χ3v) is 3.56. The summed E-state index contributed by atoms with van der Waals surface area (Å²) in [5.41, 5.74) is 1.07. The van der Waals surface area contributed by atoms with Gasteiger partial charge in [0, 0.05) is 12.1 Å². The van der Waals surface area contributed by atoms with Crippen LogP contribution in [-0.4, -0.2) is 11.7 Å². The molecule has 0 atom stereocenters. The number of para-hydroxylation sites is 1. The number of amides is 1. The van der Waals surface area contributed by atoms with Gasteiger partial charge in [-0.3, -0.25) is 4.79 Å². The van der Waals surface area contributed by atoms with Crippen LogP contribution in [0.5, 0.6) is 0 Å². The Kier molecular flexibility index (Phi) is 3.00. The minimum absolute atomic E-state index is 0.104. The second-order valence-corrected chi connectivity index (χ2v) is 4.57. The first kappa shape index (κ1) is 10.6. The number of anilines is 1. The average Bonchev–Trinajstić information content (AvgIpc) is 3.00. The van der Waals surface area contributed by atoms with E-state index in [0.717, 1.165) is 24.3 Å². The van der Waals surface area contributed by atoms with Crippen LogP contribution in [0.25, 0.3) is 0 Å². The fraction of sp³-hybridized carbons (Fsp3) is 0.417. The molecular weight excluding hydrogens is 206 g/mol. The van der Waals surface area contributed by atoms with Crippen LogP contribution in [0, 0.1) is 5.41 Å². The molecule has 0 bridgehead atoms. The molecule has 0 spiro atoms. The maximum atomic E-state index is 11.7. The minimum Gasteiger partial charge on any atom is -0.326 e. The minimum atomic E-state index is 0.104. The zero-order valence-corrected chi connectivity index (χ0v) is 9.47. The average molecular weight is 221 g/mol. The molecule has 0 aliphatic heterocycles. The molecule has 0 radical (unpaired) electrons. The van der Waals surface area contributed by atoms with Gasteiger partial charge in [0.2, 0.25) is 5.91 Å². The standard InChI is InChI=1S/C12H15NOS/c14-11(8-12(9-15)6-7-12)13-10-4-2-1-3-5-10/h1-5,15H,6-9H2,(H,13,14). The number of rotatable bonds is 4. The molecule has 1 amide bonds. The van der Waals surface area contributed by atoms with E-state index in [9.17, 15) is 4.79 Å². The van der Waals surface area contributed by atoms with Crippen LogP contribution < -0.4 is 5.32 Å². The number of benzene rings is 1. The molecule has 1 saturated carbocycles. The van der Waals surface area contributed by atoms with Crippen molar-refractivity contribution in [3.8, 4) is 0 Å². The van der Waals surface area contributed by atoms with Gasteiger partial charge in [-0.05, 0) is 36.1 Å². The molecule has 0 unspecified atom stereocenters. The van der Waals surface area contributed by atoms with Crippen LogP contribution >= 0.6 is 12.6 Å². The Labute approximate surface area is 95.5 Å². The van der Waals surface area contributed by atoms with Crippen molar-refractivity contribution in [2.75, 3.05) is 11.1 Å². The van der Waals surface area contributed by atoms with Crippen molar-refractivity contribution in [3.63, 3.8) is 0 Å². The van der Waals surface area contributed by atoms with Gasteiger partial charge >= 0.3 is 0 Å². The summed E-state index contributed by atoms with van der Waals surface area (Å²) in [5.74, 6) is 0.919. The summed E-state index contributed by atoms with van der Waals surface area (Å²) >= 11 is 4.28. The number of nitrogens with one attached hydrogen (secondary N) is 1. The molecule has 2 nitrogen and oxygen atoms in total. The van der Waals surface area contributed by atoms with E-state index in [-0.39, 0.29) is 11.3 Å². The third-order valence-electron chi connectivity index (χ3n) is 2.89. The van der Waals surface area contributed by atoms with E-state index >= 15 is 0 Å². The molecule has 2 rings (SSSR count). The highest BCUT2D eigenvalue weighted by atomic mass is 32.1. The Morgan fingerprint density at radius 3 is 2.53 bits per heavy atom. The zero-order valence-electron chi connectivity index (χ0n) is 8.57. The van der Waals surface area contributed by atoms with Crippen molar-refractivity contribution in [3.05, 3.63) is 30.3 Å². The topological polar surface area (TPSA) is 29.1 Å². The summed E-state index contributed by atoms with van der Waals surface area (Å²) < 4.78 is 0. The van der Waals surface area contributed by atoms with Crippen molar-refractivity contribution in [2.24, 2.45) is 5.41 Å². The Balaban J connectivity index is 1.88. The van der Waals surface area contributed by atoms with Crippen LogP contribution in [0.4, 0.5) is 5.69 Å². The molecule has 80 valence electrons. The summed E-state index contributed by atoms with van der Waals surface area (Å²) in [5, 5.41) is 2.90. The van der Waals surface area contributed by atoms with Crippen LogP contribution in [0.3, 0.4) is 0 Å². The van der Waals surface area contributed by atoms with E-state index < -0.39 is 0 Å². The SMILES string of the molecule is O=C(CC1(CS)CC1)Nc1ccccc1. The van der Waals surface area contributed by atoms with Crippen molar-refractivity contribution in [1.82, 2.24) is 0 Å². The van der Waals surface area contributed by atoms with Gasteiger partial charge in [0.25, 0.3) is 0 Å². The van der Waals surface area contributed by atoms with Gasteiger partial charge in [0.15, 0.2) is 0 Å². The highest BCUT2D eigenvalue weighted by molar-refractivity contribution is 7.80. The van der Waals surface area contributed by atoms with Gasteiger partial charge in [-0.15, -0.1) is 0 Å². The summed E-state index contributed by atoms with van der Waals surface area (Å²) in [6, 6.07) is 9.57. The maximum absolute atomic E-state index is 11.7. The van der Waals surface area contributed by atoms with Gasteiger partial charge < -0.3 is 5.32 Å². The Bertz CT molecular complexity index is 346. The molecule has 1 aliphatic rings. The van der Waals surface area contributed by atoms with Crippen LogP contribution in [-0.2, 0) is 4.79 Å². The summed E-state index contributed by atoms with van der Waals surface area (Å²) in [4.78, 5) is 11.7. The van der Waals surface area contributed by atoms with Crippen LogP contribution in [0.2, 0.25) is 0 Å². The quantitative estimate of drug-likeness (QED) is 0.752. The van der Waals surface area contributed by atoms with E-state index in [0.29, 0.717) is 6.42 Å². The van der Waals surface area contributed by atoms with Gasteiger partial charge in [0.1, 0.15) is 0 Å². The highest BCUT2D eigenvalue weighted by Gasteiger charge is 2.42. The first-order valence-corrected chi connectivity index (χ1v) is 5.83. The molecule has 0 saturated heterocycles. The molecule has 0 heterocycles. The molecule has 1 N–H and O–H groups in total. The van der Waals surface area contributed by atoms with Crippen molar-refractivity contribution in [2.45, 2.75) is 19.3 Å². The lowest BCUT2D eigenvalue weighted by molar-refractivity contribution is -0.117. The van der Waals surface area contributed by atoms with Gasteiger partial charge in [0.05, 0.1) is 0 Å². The highest BCUT2D eigenvalue weighted by Crippen LogP contribution is 2.49. The van der Waals surface area contributed by atoms with E-state index in [2.05, 4.69) is 17.9 Å². The second-order valence-electron chi connectivity index (χ2n) is 4.25. The Morgan fingerprint density at radius 1 is 1.33 bits per heavy atom. The van der Waals surface area contributed by atoms with E-state index in [1.54, 1.807) is 0 Å². The van der Waals surface area contributed by atoms with Gasteiger partial charge in [-0.2, -0.15) is 12.6 Å². The Morgan fingerprint density at radius 2 is 2.00 bits per heavy atom. The molecule has 1 aromatic rings. The largest absolute Gasteiger partial charge is 0.326 e. The first-order valence-electron chi connectivity index (χ1n) is 5.20. The molecule has 1 fully saturated rings. The number of hydrogen-bond donors (Lipinski definition) is 2. The predicted molar refractivity (Wildman–Crippen MR) is 65.2 cm³/mol. The smallest absolute Gasteiger partial charge is 0.224 e. The molecule has 1 aliphatic carbocycles. The first-order chi connectivity index (χ1) is 7.24. The summed E-state index contributed by atoms with van der Waals surface area (Å²) in [6.07, 6.45) is 2.88. The fourth-order valence-corrected chi connectivity index (χ4v) is 2.06. The zero-order chi connectivity index (χ0) is 10.7. The monoisotopic (exact) mass is 221 g/mol. The number of hydrogen-bond acceptors (Lipinski definition) is 2. The molecule has 3 heteroatoms. The van der Waals surface area contributed by atoms with E-state index in [1.807, 2.05) is 30.3 Å². The van der Waals surface area contributed by atoms with Gasteiger partial charge in [-0.1, -0.05) is 18.2 Å². The lowest BCUT2D eigenvalue weighted by Crippen LogP contribution is -2.18. The van der Waals surface area contributed by atoms with Crippen molar-refractivity contribution in [1.29, 1.82) is 0 Å². The van der Waals surface area contributed by atoms with Crippen molar-refractivity contribution >= 4 is 24.2 Å². The Hall–Kier alpha value is -0.960. The van der Waals surface area contributed by atoms with E-state index in [4.69, 9.17) is 0 Å². The summed E-state index contributed by atoms with van der Waals surface area (Å²) in [6.45, 7) is 0. The fourth-order valence-electron chi connectivity index (χ4n) is 1.63. The molecule has 1 aromatic carbocycles. The molecular formula is C12H15NOS. The number of carbonyl (C=O) groups is 1. The lowest BCUT2D eigenvalue weighted by atomic mass is 10.1. The van der Waals surface area contributed by atoms with Crippen LogP contribution in [0.15, 0.2) is 30.3 Å². The van der Waals surface area contributed by atoms with E-state index in [1.165, 1.54) is 0 Å². The predicted octanol–water partition coefficient (Wildman–Crippen LogP) is 2.73. The molecule has 0 aromatic heterocycles. The maximum Gasteiger partial charge on any atom is 0.224 e.